The van der Waals surface area contributed by atoms with Crippen LogP contribution in [0.25, 0.3) is 0 Å². The van der Waals surface area contributed by atoms with Crippen LogP contribution in [0.15, 0.2) is 60.7 Å². The van der Waals surface area contributed by atoms with Crippen molar-refractivity contribution in [3.05, 3.63) is 106 Å². The summed E-state index contributed by atoms with van der Waals surface area (Å²) in [7, 11) is 0. The van der Waals surface area contributed by atoms with Gasteiger partial charge >= 0.3 is 0 Å². The summed E-state index contributed by atoms with van der Waals surface area (Å²) in [6.07, 6.45) is -0.154. The van der Waals surface area contributed by atoms with Gasteiger partial charge in [-0.2, -0.15) is 0 Å². The summed E-state index contributed by atoms with van der Waals surface area (Å²) < 4.78 is 27.7. The van der Waals surface area contributed by atoms with E-state index in [1.54, 1.807) is 19.1 Å². The molecule has 8 heteroatoms. The highest BCUT2D eigenvalue weighted by Crippen LogP contribution is 2.15. The normalized spacial score (nSPS) is 12.7. The van der Waals surface area contributed by atoms with Crippen LogP contribution < -0.4 is 16.0 Å². The van der Waals surface area contributed by atoms with Crippen LogP contribution in [0, 0.1) is 18.6 Å². The third-order valence-corrected chi connectivity index (χ3v) is 6.26. The molecule has 0 unspecified atom stereocenters. The Balaban J connectivity index is 1.78. The fourth-order valence-electron chi connectivity index (χ4n) is 4.37. The summed E-state index contributed by atoms with van der Waals surface area (Å²) >= 11 is 0. The molecule has 0 radical (unpaired) electrons. The average Bonchev–Trinajstić information content (AvgIpc) is 2.87. The summed E-state index contributed by atoms with van der Waals surface area (Å²) in [5.74, 6) is -2.28. The van der Waals surface area contributed by atoms with Crippen LogP contribution in [0.4, 0.5) is 8.78 Å². The molecule has 0 saturated carbocycles. The molecule has 39 heavy (non-hydrogen) atoms. The van der Waals surface area contributed by atoms with Crippen molar-refractivity contribution in [2.45, 2.75) is 65.3 Å². The van der Waals surface area contributed by atoms with Crippen LogP contribution in [-0.2, 0) is 19.4 Å². The fourth-order valence-corrected chi connectivity index (χ4v) is 4.37. The number of amides is 2. The second-order valence-electron chi connectivity index (χ2n) is 10.1. The van der Waals surface area contributed by atoms with Gasteiger partial charge in [0.05, 0.1) is 12.1 Å². The van der Waals surface area contributed by atoms with Gasteiger partial charge in [-0.3, -0.25) is 9.59 Å². The topological polar surface area (TPSA) is 90.5 Å². The van der Waals surface area contributed by atoms with Crippen LogP contribution in [0.2, 0.25) is 0 Å². The van der Waals surface area contributed by atoms with E-state index in [-0.39, 0.29) is 30.5 Å². The number of halogens is 2. The van der Waals surface area contributed by atoms with Crippen molar-refractivity contribution in [2.24, 2.45) is 0 Å². The van der Waals surface area contributed by atoms with Gasteiger partial charge in [0.2, 0.25) is 0 Å². The van der Waals surface area contributed by atoms with Crippen molar-refractivity contribution in [1.29, 1.82) is 0 Å². The zero-order valence-corrected chi connectivity index (χ0v) is 22.9. The highest BCUT2D eigenvalue weighted by atomic mass is 19.1. The Kier molecular flexibility index (Phi) is 10.7. The second-order valence-corrected chi connectivity index (χ2v) is 10.1. The standard InChI is InChI=1S/C31H37F2N3O3/c1-5-21-7-6-8-22(11-21)17-34-18-29(37)28(14-23-12-26(32)16-27(33)13-23)36-31(39)25-10-20(4)9-24(15-25)30(38)35-19(2)3/h6-13,15-16,19,28-29,34,37H,5,14,17-18H2,1-4H3,(H,35,38)(H,36,39)/t28-,29+/m0/s1. The van der Waals surface area contributed by atoms with Gasteiger partial charge in [0, 0.05) is 36.3 Å². The van der Waals surface area contributed by atoms with Crippen LogP contribution in [0.3, 0.4) is 0 Å². The number of aliphatic hydroxyl groups is 1. The Hall–Kier alpha value is -3.62. The Labute approximate surface area is 228 Å². The molecule has 6 nitrogen and oxygen atoms in total. The van der Waals surface area contributed by atoms with Crippen LogP contribution >= 0.6 is 0 Å². The quantitative estimate of drug-likeness (QED) is 0.275. The van der Waals surface area contributed by atoms with E-state index in [4.69, 9.17) is 0 Å². The highest BCUT2D eigenvalue weighted by molar-refractivity contribution is 6.00. The molecule has 2 amide bonds. The van der Waals surface area contributed by atoms with Gasteiger partial charge < -0.3 is 21.1 Å². The molecule has 4 N–H and O–H groups in total. The summed E-state index contributed by atoms with van der Waals surface area (Å²) in [5, 5.41) is 19.9. The van der Waals surface area contributed by atoms with Gasteiger partial charge in [-0.1, -0.05) is 31.2 Å². The summed E-state index contributed by atoms with van der Waals surface area (Å²) in [6.45, 7) is 8.19. The van der Waals surface area contributed by atoms with Gasteiger partial charge in [-0.05, 0) is 86.2 Å². The maximum atomic E-state index is 13.9. The highest BCUT2D eigenvalue weighted by Gasteiger charge is 2.24. The molecule has 0 spiro atoms. The number of rotatable bonds is 12. The minimum absolute atomic E-state index is 0.00109. The summed E-state index contributed by atoms with van der Waals surface area (Å²) in [5.41, 5.74) is 3.87. The maximum absolute atomic E-state index is 13.9. The Morgan fingerprint density at radius 2 is 1.46 bits per heavy atom. The van der Waals surface area contributed by atoms with Gasteiger partial charge in [0.1, 0.15) is 11.6 Å². The molecule has 0 bridgehead atoms. The lowest BCUT2D eigenvalue weighted by Gasteiger charge is -2.25. The smallest absolute Gasteiger partial charge is 0.251 e. The molecule has 2 atom stereocenters. The van der Waals surface area contributed by atoms with Crippen molar-refractivity contribution in [2.75, 3.05) is 6.54 Å². The van der Waals surface area contributed by atoms with E-state index in [0.29, 0.717) is 17.7 Å². The first-order valence-corrected chi connectivity index (χ1v) is 13.2. The van der Waals surface area contributed by atoms with Crippen LogP contribution in [0.1, 0.15) is 63.7 Å². The predicted molar refractivity (Wildman–Crippen MR) is 149 cm³/mol. The molecule has 3 rings (SSSR count). The summed E-state index contributed by atoms with van der Waals surface area (Å²) in [6, 6.07) is 15.1. The van der Waals surface area contributed by atoms with Gasteiger partial charge in [-0.25, -0.2) is 8.78 Å². The number of carbonyl (C=O) groups excluding carboxylic acids is 2. The van der Waals surface area contributed by atoms with Gasteiger partial charge in [-0.15, -0.1) is 0 Å². The third-order valence-electron chi connectivity index (χ3n) is 6.26. The zero-order chi connectivity index (χ0) is 28.5. The number of hydrogen-bond donors (Lipinski definition) is 4. The molecule has 0 saturated heterocycles. The predicted octanol–water partition coefficient (Wildman–Crippen LogP) is 4.47. The lowest BCUT2D eigenvalue weighted by Crippen LogP contribution is -2.48. The largest absolute Gasteiger partial charge is 0.390 e. The third kappa shape index (κ3) is 9.26. The molecule has 3 aromatic carbocycles. The molecule has 0 fully saturated rings. The number of aryl methyl sites for hydroxylation is 2. The fraction of sp³-hybridized carbons (Fsp3) is 0.355. The second kappa shape index (κ2) is 14.0. The zero-order valence-electron chi connectivity index (χ0n) is 22.9. The number of nitrogens with one attached hydrogen (secondary N) is 3. The molecule has 3 aromatic rings. The molecular formula is C31H37F2N3O3. The molecule has 0 aliphatic carbocycles. The van der Waals surface area contributed by atoms with Crippen molar-refractivity contribution in [3.63, 3.8) is 0 Å². The van der Waals surface area contributed by atoms with E-state index >= 15 is 0 Å². The monoisotopic (exact) mass is 537 g/mol. The van der Waals surface area contributed by atoms with Crippen molar-refractivity contribution in [3.8, 4) is 0 Å². The minimum Gasteiger partial charge on any atom is -0.390 e. The number of aliphatic hydroxyl groups excluding tert-OH is 1. The minimum atomic E-state index is -1.07. The Morgan fingerprint density at radius 1 is 0.846 bits per heavy atom. The van der Waals surface area contributed by atoms with E-state index in [9.17, 15) is 23.5 Å². The van der Waals surface area contributed by atoms with E-state index < -0.39 is 29.7 Å². The molecule has 0 aromatic heterocycles. The average molecular weight is 538 g/mol. The van der Waals surface area contributed by atoms with Crippen LogP contribution in [-0.4, -0.2) is 41.7 Å². The van der Waals surface area contributed by atoms with Crippen molar-refractivity contribution in [1.82, 2.24) is 16.0 Å². The van der Waals surface area contributed by atoms with E-state index in [1.807, 2.05) is 32.0 Å². The molecule has 0 heterocycles. The SMILES string of the molecule is CCc1cccc(CNC[C@@H](O)[C@H](Cc2cc(F)cc(F)c2)NC(=O)c2cc(C)cc(C(=O)NC(C)C)c2)c1. The summed E-state index contributed by atoms with van der Waals surface area (Å²) in [4.78, 5) is 25.8. The number of hydrogen-bond acceptors (Lipinski definition) is 4. The van der Waals surface area contributed by atoms with Gasteiger partial charge in [0.25, 0.3) is 11.8 Å². The number of benzene rings is 3. The lowest BCUT2D eigenvalue weighted by atomic mass is 9.99. The molecule has 0 aliphatic rings. The first kappa shape index (κ1) is 29.9. The maximum Gasteiger partial charge on any atom is 0.251 e. The van der Waals surface area contributed by atoms with E-state index in [1.165, 1.54) is 23.8 Å². The van der Waals surface area contributed by atoms with E-state index in [2.05, 4.69) is 28.9 Å². The van der Waals surface area contributed by atoms with Crippen molar-refractivity contribution >= 4 is 11.8 Å². The Morgan fingerprint density at radius 3 is 2.08 bits per heavy atom. The van der Waals surface area contributed by atoms with Crippen molar-refractivity contribution < 1.29 is 23.5 Å². The molecule has 0 aliphatic heterocycles. The van der Waals surface area contributed by atoms with E-state index in [0.717, 1.165) is 23.6 Å². The van der Waals surface area contributed by atoms with Gasteiger partial charge in [0.15, 0.2) is 0 Å². The van der Waals surface area contributed by atoms with Crippen LogP contribution in [0.5, 0.6) is 0 Å². The lowest BCUT2D eigenvalue weighted by molar-refractivity contribution is 0.0829. The first-order chi connectivity index (χ1) is 18.5. The molecule has 208 valence electrons. The first-order valence-electron chi connectivity index (χ1n) is 13.2. The number of carbonyl (C=O) groups is 2. The molecular weight excluding hydrogens is 500 g/mol. The Bertz CT molecular complexity index is 1280.